The van der Waals surface area contributed by atoms with Crippen molar-refractivity contribution < 1.29 is 13.9 Å². The predicted octanol–water partition coefficient (Wildman–Crippen LogP) is 5.67. The zero-order valence-electron chi connectivity index (χ0n) is 19.4. The van der Waals surface area contributed by atoms with Gasteiger partial charge in [-0.2, -0.15) is 0 Å². The molecule has 6 nitrogen and oxygen atoms in total. The lowest BCUT2D eigenvalue weighted by Gasteiger charge is -2.25. The Labute approximate surface area is 197 Å². The number of hydrogen-bond donors (Lipinski definition) is 0. The molecule has 0 saturated carbocycles. The second kappa shape index (κ2) is 8.78. The fourth-order valence-electron chi connectivity index (χ4n) is 4.32. The Kier molecular flexibility index (Phi) is 5.65. The number of ether oxygens (including phenoxy) is 1. The van der Waals surface area contributed by atoms with Crippen LogP contribution in [0.25, 0.3) is 11.0 Å². The van der Waals surface area contributed by atoms with Crippen molar-refractivity contribution in [3.63, 3.8) is 0 Å². The summed E-state index contributed by atoms with van der Waals surface area (Å²) in [5.74, 6) is 1.37. The molecule has 0 bridgehead atoms. The summed E-state index contributed by atoms with van der Waals surface area (Å²) < 4.78 is 12.0. The van der Waals surface area contributed by atoms with Crippen LogP contribution in [0.2, 0.25) is 0 Å². The monoisotopic (exact) mass is 454 g/mol. The molecule has 0 saturated heterocycles. The van der Waals surface area contributed by atoms with E-state index in [2.05, 4.69) is 18.8 Å². The summed E-state index contributed by atoms with van der Waals surface area (Å²) in [5.41, 5.74) is 2.04. The molecule has 1 amide bonds. The van der Waals surface area contributed by atoms with Crippen molar-refractivity contribution in [3.05, 3.63) is 99.5 Å². The van der Waals surface area contributed by atoms with Crippen molar-refractivity contribution in [2.24, 2.45) is 5.92 Å². The molecule has 1 unspecified atom stereocenters. The van der Waals surface area contributed by atoms with E-state index in [1.165, 1.54) is 0 Å². The van der Waals surface area contributed by atoms with Gasteiger partial charge in [0.05, 0.1) is 23.6 Å². The summed E-state index contributed by atoms with van der Waals surface area (Å²) in [5, 5.41) is 0.447. The standard InChI is InChI=1S/C28H26N2O4/c1-17(2)14-15-33-20-10-7-9-19(16-20)25-24-26(31)21-11-4-5-12-22(21)34-27(24)28(32)30(25)23-13-6-8-18(3)29-23/h4-13,16-17,25H,14-15H2,1-3H3. The number of carbonyl (C=O) groups is 1. The first-order chi connectivity index (χ1) is 16.4. The van der Waals surface area contributed by atoms with Gasteiger partial charge >= 0.3 is 0 Å². The van der Waals surface area contributed by atoms with E-state index in [0.29, 0.717) is 40.6 Å². The van der Waals surface area contributed by atoms with Crippen LogP contribution in [0.5, 0.6) is 5.75 Å². The molecular formula is C28H26N2O4. The molecule has 0 aliphatic carbocycles. The highest BCUT2D eigenvalue weighted by Gasteiger charge is 2.44. The normalized spacial score (nSPS) is 15.2. The molecule has 34 heavy (non-hydrogen) atoms. The Morgan fingerprint density at radius 2 is 1.82 bits per heavy atom. The number of rotatable bonds is 6. The summed E-state index contributed by atoms with van der Waals surface area (Å²) in [6, 6.07) is 19.4. The van der Waals surface area contributed by atoms with Gasteiger partial charge in [0.1, 0.15) is 17.2 Å². The molecule has 4 aromatic rings. The maximum absolute atomic E-state index is 13.6. The predicted molar refractivity (Wildman–Crippen MR) is 132 cm³/mol. The SMILES string of the molecule is Cc1cccc(N2C(=O)c3oc4ccccc4c(=O)c3C2c2cccc(OCCC(C)C)c2)n1. The van der Waals surface area contributed by atoms with Gasteiger partial charge in [-0.1, -0.05) is 44.2 Å². The van der Waals surface area contributed by atoms with Crippen LogP contribution in [-0.2, 0) is 0 Å². The highest BCUT2D eigenvalue weighted by atomic mass is 16.5. The minimum absolute atomic E-state index is 0.0585. The van der Waals surface area contributed by atoms with Crippen LogP contribution in [0.4, 0.5) is 5.82 Å². The third kappa shape index (κ3) is 3.85. The quantitative estimate of drug-likeness (QED) is 0.375. The van der Waals surface area contributed by atoms with Crippen molar-refractivity contribution in [1.82, 2.24) is 4.98 Å². The van der Waals surface area contributed by atoms with Gasteiger partial charge in [-0.3, -0.25) is 14.5 Å². The zero-order valence-corrected chi connectivity index (χ0v) is 19.4. The third-order valence-electron chi connectivity index (χ3n) is 6.04. The van der Waals surface area contributed by atoms with Gasteiger partial charge in [0.25, 0.3) is 5.91 Å². The van der Waals surface area contributed by atoms with E-state index in [4.69, 9.17) is 9.15 Å². The Hall–Kier alpha value is -3.93. The van der Waals surface area contributed by atoms with Crippen molar-refractivity contribution in [2.75, 3.05) is 11.5 Å². The van der Waals surface area contributed by atoms with E-state index < -0.39 is 6.04 Å². The average Bonchev–Trinajstić information content (AvgIpc) is 3.12. The number of nitrogens with zero attached hydrogens (tertiary/aromatic N) is 2. The fourth-order valence-corrected chi connectivity index (χ4v) is 4.32. The van der Waals surface area contributed by atoms with Gasteiger partial charge < -0.3 is 9.15 Å². The molecule has 3 heterocycles. The zero-order chi connectivity index (χ0) is 23.8. The van der Waals surface area contributed by atoms with Crippen LogP contribution in [-0.4, -0.2) is 17.5 Å². The van der Waals surface area contributed by atoms with Crippen LogP contribution in [0.15, 0.2) is 75.9 Å². The molecule has 172 valence electrons. The molecular weight excluding hydrogens is 428 g/mol. The van der Waals surface area contributed by atoms with Gasteiger partial charge in [-0.05, 0) is 61.2 Å². The van der Waals surface area contributed by atoms with Crippen molar-refractivity contribution in [2.45, 2.75) is 33.2 Å². The summed E-state index contributed by atoms with van der Waals surface area (Å²) in [6.45, 7) is 6.76. The van der Waals surface area contributed by atoms with E-state index in [1.54, 1.807) is 35.2 Å². The summed E-state index contributed by atoms with van der Waals surface area (Å²) >= 11 is 0. The first-order valence-corrected chi connectivity index (χ1v) is 11.5. The number of aromatic nitrogens is 1. The minimum atomic E-state index is -0.675. The number of fused-ring (bicyclic) bond motifs is 2. The molecule has 2 aromatic carbocycles. The average molecular weight is 455 g/mol. The maximum Gasteiger partial charge on any atom is 0.296 e. The smallest absolute Gasteiger partial charge is 0.296 e. The van der Waals surface area contributed by atoms with E-state index in [9.17, 15) is 9.59 Å². The van der Waals surface area contributed by atoms with Gasteiger partial charge in [-0.15, -0.1) is 0 Å². The number of carbonyl (C=O) groups excluding carboxylic acids is 1. The second-order valence-electron chi connectivity index (χ2n) is 8.99. The maximum atomic E-state index is 13.6. The largest absolute Gasteiger partial charge is 0.494 e. The molecule has 0 radical (unpaired) electrons. The molecule has 1 aliphatic heterocycles. The lowest BCUT2D eigenvalue weighted by atomic mass is 9.98. The highest BCUT2D eigenvalue weighted by molar-refractivity contribution is 6.10. The Bertz CT molecular complexity index is 1440. The molecule has 0 fully saturated rings. The first kappa shape index (κ1) is 21.9. The topological polar surface area (TPSA) is 72.6 Å². The highest BCUT2D eigenvalue weighted by Crippen LogP contribution is 2.41. The van der Waals surface area contributed by atoms with E-state index in [-0.39, 0.29) is 17.1 Å². The molecule has 6 heteroatoms. The number of hydrogen-bond acceptors (Lipinski definition) is 5. The number of aryl methyl sites for hydroxylation is 1. The van der Waals surface area contributed by atoms with Crippen LogP contribution in [0.3, 0.4) is 0 Å². The number of amides is 1. The number of benzene rings is 2. The second-order valence-corrected chi connectivity index (χ2v) is 8.99. The van der Waals surface area contributed by atoms with Crippen LogP contribution < -0.4 is 15.1 Å². The fraction of sp³-hybridized carbons (Fsp3) is 0.250. The number of pyridine rings is 1. The Balaban J connectivity index is 1.68. The molecule has 1 atom stereocenters. The van der Waals surface area contributed by atoms with Crippen molar-refractivity contribution in [1.29, 1.82) is 0 Å². The molecule has 5 rings (SSSR count). The molecule has 1 aliphatic rings. The van der Waals surface area contributed by atoms with Crippen molar-refractivity contribution >= 4 is 22.7 Å². The first-order valence-electron chi connectivity index (χ1n) is 11.5. The minimum Gasteiger partial charge on any atom is -0.494 e. The molecule has 2 aromatic heterocycles. The van der Waals surface area contributed by atoms with Crippen LogP contribution >= 0.6 is 0 Å². The molecule has 0 N–H and O–H groups in total. The van der Waals surface area contributed by atoms with Crippen molar-refractivity contribution in [3.8, 4) is 5.75 Å². The number of para-hydroxylation sites is 1. The van der Waals surface area contributed by atoms with Gasteiger partial charge in [0.15, 0.2) is 5.43 Å². The van der Waals surface area contributed by atoms with Gasteiger partial charge in [0.2, 0.25) is 5.76 Å². The summed E-state index contributed by atoms with van der Waals surface area (Å²) in [4.78, 5) is 33.4. The Morgan fingerprint density at radius 1 is 1.03 bits per heavy atom. The summed E-state index contributed by atoms with van der Waals surface area (Å²) in [7, 11) is 0. The Morgan fingerprint density at radius 3 is 2.62 bits per heavy atom. The van der Waals surface area contributed by atoms with Crippen LogP contribution in [0.1, 0.15) is 53.7 Å². The van der Waals surface area contributed by atoms with Gasteiger partial charge in [-0.25, -0.2) is 4.98 Å². The van der Waals surface area contributed by atoms with E-state index in [0.717, 1.165) is 17.7 Å². The summed E-state index contributed by atoms with van der Waals surface area (Å²) in [6.07, 6.45) is 0.934. The van der Waals surface area contributed by atoms with E-state index >= 15 is 0 Å². The lowest BCUT2D eigenvalue weighted by Crippen LogP contribution is -2.30. The van der Waals surface area contributed by atoms with Crippen LogP contribution in [0, 0.1) is 12.8 Å². The number of anilines is 1. The third-order valence-corrected chi connectivity index (χ3v) is 6.04. The van der Waals surface area contributed by atoms with Gasteiger partial charge in [0, 0.05) is 5.69 Å². The molecule has 0 spiro atoms. The lowest BCUT2D eigenvalue weighted by molar-refractivity contribution is 0.0970. The van der Waals surface area contributed by atoms with E-state index in [1.807, 2.05) is 43.3 Å².